The number of rotatable bonds is 4. The molecular weight excluding hydrogens is 278 g/mol. The summed E-state index contributed by atoms with van der Waals surface area (Å²) in [5.41, 5.74) is 8.69. The molecule has 0 bridgehead atoms. The summed E-state index contributed by atoms with van der Waals surface area (Å²) in [6.45, 7) is 2.48. The molecule has 0 atom stereocenters. The Hall–Kier alpha value is -3.07. The van der Waals surface area contributed by atoms with Crippen molar-refractivity contribution >= 4 is 16.9 Å². The number of aromatic nitrogens is 3. The fourth-order valence-electron chi connectivity index (χ4n) is 2.17. The number of fused-ring (bicyclic) bond motifs is 1. The molecule has 0 aliphatic rings. The second-order valence-corrected chi connectivity index (χ2v) is 4.84. The number of hydrogen-bond donors (Lipinski definition) is 2. The van der Waals surface area contributed by atoms with Crippen LogP contribution in [-0.4, -0.2) is 21.6 Å². The molecule has 0 amide bonds. The highest BCUT2D eigenvalue weighted by Crippen LogP contribution is 2.29. The number of aromatic amines is 1. The van der Waals surface area contributed by atoms with Crippen molar-refractivity contribution < 1.29 is 4.74 Å². The van der Waals surface area contributed by atoms with Crippen LogP contribution < -0.4 is 10.5 Å². The molecule has 0 fully saturated rings. The number of nitrogens with one attached hydrogen (secondary N) is 1. The molecule has 0 spiro atoms. The van der Waals surface area contributed by atoms with Gasteiger partial charge in [0, 0.05) is 0 Å². The quantitative estimate of drug-likeness (QED) is 0.770. The molecule has 1 aromatic carbocycles. The maximum Gasteiger partial charge on any atom is 0.233 e. The summed E-state index contributed by atoms with van der Waals surface area (Å²) in [6, 6.07) is 11.4. The molecule has 110 valence electrons. The Morgan fingerprint density at radius 1 is 1.32 bits per heavy atom. The Bertz CT molecular complexity index is 830. The number of anilines is 1. The number of pyridine rings is 1. The predicted molar refractivity (Wildman–Crippen MR) is 84.2 cm³/mol. The Morgan fingerprint density at radius 2 is 2.14 bits per heavy atom. The highest BCUT2D eigenvalue weighted by atomic mass is 16.5. The zero-order valence-electron chi connectivity index (χ0n) is 12.1. The predicted octanol–water partition coefficient (Wildman–Crippen LogP) is 2.87. The summed E-state index contributed by atoms with van der Waals surface area (Å²) < 4.78 is 5.46. The van der Waals surface area contributed by atoms with Crippen LogP contribution >= 0.6 is 0 Å². The van der Waals surface area contributed by atoms with Crippen molar-refractivity contribution in [2.45, 2.75) is 13.3 Å². The minimum atomic E-state index is 0.265. The van der Waals surface area contributed by atoms with Crippen LogP contribution in [0.3, 0.4) is 0 Å². The molecular formula is C16H15N5O. The van der Waals surface area contributed by atoms with Gasteiger partial charge >= 0.3 is 0 Å². The highest BCUT2D eigenvalue weighted by molar-refractivity contribution is 5.82. The van der Waals surface area contributed by atoms with E-state index in [9.17, 15) is 5.26 Å². The number of nitrogens with zero attached hydrogens (tertiary/aromatic N) is 3. The van der Waals surface area contributed by atoms with Gasteiger partial charge < -0.3 is 15.5 Å². The number of nitriles is 1. The van der Waals surface area contributed by atoms with E-state index in [0.717, 1.165) is 17.5 Å². The highest BCUT2D eigenvalue weighted by Gasteiger charge is 2.15. The van der Waals surface area contributed by atoms with E-state index in [2.05, 4.69) is 21.0 Å². The second-order valence-electron chi connectivity index (χ2n) is 4.84. The molecule has 2 aromatic heterocycles. The van der Waals surface area contributed by atoms with E-state index in [1.54, 1.807) is 6.07 Å². The van der Waals surface area contributed by atoms with Crippen LogP contribution in [0.5, 0.6) is 5.88 Å². The number of nitrogen functional groups attached to an aromatic ring is 1. The van der Waals surface area contributed by atoms with Gasteiger partial charge in [0.2, 0.25) is 5.88 Å². The summed E-state index contributed by atoms with van der Waals surface area (Å²) in [7, 11) is 0. The van der Waals surface area contributed by atoms with E-state index in [1.807, 2.05) is 31.2 Å². The fraction of sp³-hybridized carbons (Fsp3) is 0.188. The van der Waals surface area contributed by atoms with Gasteiger partial charge in [-0.25, -0.2) is 4.98 Å². The maximum absolute atomic E-state index is 9.28. The molecule has 0 unspecified atom stereocenters. The molecule has 0 radical (unpaired) electrons. The minimum Gasteiger partial charge on any atom is -0.477 e. The van der Waals surface area contributed by atoms with Crippen LogP contribution in [-0.2, 0) is 0 Å². The smallest absolute Gasteiger partial charge is 0.233 e. The van der Waals surface area contributed by atoms with Gasteiger partial charge in [0.25, 0.3) is 0 Å². The average Bonchev–Trinajstić information content (AvgIpc) is 2.96. The van der Waals surface area contributed by atoms with Gasteiger partial charge in [-0.15, -0.1) is 0 Å². The van der Waals surface area contributed by atoms with Crippen LogP contribution in [0.2, 0.25) is 0 Å². The number of imidazole rings is 1. The lowest BCUT2D eigenvalue weighted by atomic mass is 10.2. The Balaban J connectivity index is 2.08. The van der Waals surface area contributed by atoms with Crippen LogP contribution in [0.4, 0.5) is 5.82 Å². The monoisotopic (exact) mass is 293 g/mol. The van der Waals surface area contributed by atoms with Crippen LogP contribution in [0.25, 0.3) is 22.4 Å². The summed E-state index contributed by atoms with van der Waals surface area (Å²) in [5.74, 6) is 1.13. The van der Waals surface area contributed by atoms with E-state index in [4.69, 9.17) is 10.5 Å². The van der Waals surface area contributed by atoms with Gasteiger partial charge in [-0.1, -0.05) is 19.1 Å². The first-order valence-electron chi connectivity index (χ1n) is 7.01. The van der Waals surface area contributed by atoms with Crippen molar-refractivity contribution in [3.8, 4) is 23.3 Å². The maximum atomic E-state index is 9.28. The first-order chi connectivity index (χ1) is 10.7. The molecule has 0 aliphatic carbocycles. The molecule has 3 N–H and O–H groups in total. The van der Waals surface area contributed by atoms with Crippen molar-refractivity contribution in [2.75, 3.05) is 12.3 Å². The van der Waals surface area contributed by atoms with E-state index < -0.39 is 0 Å². The first-order valence-corrected chi connectivity index (χ1v) is 7.01. The molecule has 3 aromatic rings. The second kappa shape index (κ2) is 5.74. The fourth-order valence-corrected chi connectivity index (χ4v) is 2.17. The van der Waals surface area contributed by atoms with Crippen molar-refractivity contribution in [3.05, 3.63) is 35.9 Å². The standard InChI is InChI=1S/C16H15N5O/c1-2-7-22-16-10(9-17)8-11(14(18)21-16)15-19-12-5-3-4-6-13(12)20-15/h3-6,8H,2,7H2,1H3,(H2,18,21)(H,19,20). The third-order valence-corrected chi connectivity index (χ3v) is 3.22. The lowest BCUT2D eigenvalue weighted by Gasteiger charge is -2.08. The summed E-state index contributed by atoms with van der Waals surface area (Å²) in [6.07, 6.45) is 0.831. The van der Waals surface area contributed by atoms with Crippen LogP contribution in [0.15, 0.2) is 30.3 Å². The van der Waals surface area contributed by atoms with Gasteiger partial charge in [0.15, 0.2) is 0 Å². The third kappa shape index (κ3) is 2.44. The largest absolute Gasteiger partial charge is 0.477 e. The van der Waals surface area contributed by atoms with Gasteiger partial charge in [-0.05, 0) is 24.6 Å². The number of para-hydroxylation sites is 2. The summed E-state index contributed by atoms with van der Waals surface area (Å²) in [5, 5.41) is 9.28. The van der Waals surface area contributed by atoms with E-state index in [-0.39, 0.29) is 11.7 Å². The molecule has 3 rings (SSSR count). The van der Waals surface area contributed by atoms with Crippen molar-refractivity contribution in [1.29, 1.82) is 5.26 Å². The topological polar surface area (TPSA) is 101 Å². The van der Waals surface area contributed by atoms with Gasteiger partial charge in [-0.3, -0.25) is 0 Å². The lowest BCUT2D eigenvalue weighted by Crippen LogP contribution is -2.04. The van der Waals surface area contributed by atoms with Gasteiger partial charge in [-0.2, -0.15) is 10.2 Å². The number of H-pyrrole nitrogens is 1. The van der Waals surface area contributed by atoms with Crippen LogP contribution in [0.1, 0.15) is 18.9 Å². The first kappa shape index (κ1) is 13.9. The van der Waals surface area contributed by atoms with E-state index >= 15 is 0 Å². The number of hydrogen-bond acceptors (Lipinski definition) is 5. The Labute approximate surface area is 127 Å². The van der Waals surface area contributed by atoms with E-state index in [0.29, 0.717) is 23.6 Å². The molecule has 6 heteroatoms. The normalized spacial score (nSPS) is 10.5. The molecule has 6 nitrogen and oxygen atoms in total. The number of nitrogens with two attached hydrogens (primary N) is 1. The lowest BCUT2D eigenvalue weighted by molar-refractivity contribution is 0.305. The molecule has 0 saturated carbocycles. The zero-order chi connectivity index (χ0) is 15.5. The van der Waals surface area contributed by atoms with Gasteiger partial charge in [0.05, 0.1) is 23.2 Å². The minimum absolute atomic E-state index is 0.265. The zero-order valence-corrected chi connectivity index (χ0v) is 12.1. The SMILES string of the molecule is CCCOc1nc(N)c(-c2nc3ccccc3[nH]2)cc1C#N. The Kier molecular flexibility index (Phi) is 3.62. The summed E-state index contributed by atoms with van der Waals surface area (Å²) in [4.78, 5) is 11.9. The molecule has 0 saturated heterocycles. The molecule has 0 aliphatic heterocycles. The number of benzene rings is 1. The van der Waals surface area contributed by atoms with Gasteiger partial charge in [0.1, 0.15) is 23.3 Å². The average molecular weight is 293 g/mol. The van der Waals surface area contributed by atoms with Crippen LogP contribution in [0, 0.1) is 11.3 Å². The van der Waals surface area contributed by atoms with E-state index in [1.165, 1.54) is 0 Å². The van der Waals surface area contributed by atoms with Crippen molar-refractivity contribution in [2.24, 2.45) is 0 Å². The Morgan fingerprint density at radius 3 is 2.86 bits per heavy atom. The molecule has 2 heterocycles. The third-order valence-electron chi connectivity index (χ3n) is 3.22. The number of ether oxygens (including phenoxy) is 1. The molecule has 22 heavy (non-hydrogen) atoms. The van der Waals surface area contributed by atoms with Crippen molar-refractivity contribution in [1.82, 2.24) is 15.0 Å². The van der Waals surface area contributed by atoms with Crippen molar-refractivity contribution in [3.63, 3.8) is 0 Å². The summed E-state index contributed by atoms with van der Waals surface area (Å²) >= 11 is 0.